The zero-order valence-corrected chi connectivity index (χ0v) is 15.3. The van der Waals surface area contributed by atoms with Gasteiger partial charge in [0.25, 0.3) is 0 Å². The number of hydrogen-bond acceptors (Lipinski definition) is 3. The number of halogens is 3. The Morgan fingerprint density at radius 1 is 1.30 bits per heavy atom. The number of alkyl halides is 1. The zero-order chi connectivity index (χ0) is 15.5. The van der Waals surface area contributed by atoms with E-state index in [1.165, 1.54) is 16.4 Å². The lowest BCUT2D eigenvalue weighted by Crippen LogP contribution is -2.36. The van der Waals surface area contributed by atoms with Crippen molar-refractivity contribution in [1.82, 2.24) is 4.31 Å². The Balaban J connectivity index is 3.28. The van der Waals surface area contributed by atoms with Gasteiger partial charge in [-0.2, -0.15) is 16.1 Å². The minimum atomic E-state index is -3.67. The topological polar surface area (TPSA) is 37.4 Å². The number of thioether (sulfide) groups is 1. The van der Waals surface area contributed by atoms with Crippen molar-refractivity contribution in [3.05, 3.63) is 27.7 Å². The van der Waals surface area contributed by atoms with Gasteiger partial charge in [-0.1, -0.05) is 23.2 Å². The van der Waals surface area contributed by atoms with Gasteiger partial charge in [-0.25, -0.2) is 8.42 Å². The fraction of sp³-hybridized carbons (Fsp3) is 0.500. The molecule has 0 spiro atoms. The van der Waals surface area contributed by atoms with E-state index in [1.807, 2.05) is 13.2 Å². The third-order valence-corrected chi connectivity index (χ3v) is 6.82. The maximum atomic E-state index is 12.6. The lowest BCUT2D eigenvalue weighted by Gasteiger charge is -2.24. The first-order valence-corrected chi connectivity index (χ1v) is 9.89. The number of nitrogens with zero attached hydrogens (tertiary/aromatic N) is 1. The van der Waals surface area contributed by atoms with E-state index < -0.39 is 10.0 Å². The van der Waals surface area contributed by atoms with Crippen LogP contribution >= 0.6 is 46.6 Å². The smallest absolute Gasteiger partial charge is 0.207 e. The second-order valence-electron chi connectivity index (χ2n) is 4.33. The Labute approximate surface area is 139 Å². The van der Waals surface area contributed by atoms with Crippen LogP contribution in [-0.4, -0.2) is 37.8 Å². The summed E-state index contributed by atoms with van der Waals surface area (Å²) in [5.41, 5.74) is 0.544. The van der Waals surface area contributed by atoms with E-state index in [0.717, 1.165) is 0 Å². The third kappa shape index (κ3) is 3.96. The summed E-state index contributed by atoms with van der Waals surface area (Å²) in [6.07, 6.45) is 1.93. The van der Waals surface area contributed by atoms with E-state index >= 15 is 0 Å². The molecule has 3 nitrogen and oxygen atoms in total. The van der Waals surface area contributed by atoms with E-state index in [9.17, 15) is 8.42 Å². The summed E-state index contributed by atoms with van der Waals surface area (Å²) in [5.74, 6) is 0.825. The molecule has 0 saturated heterocycles. The van der Waals surface area contributed by atoms with Crippen molar-refractivity contribution in [1.29, 1.82) is 0 Å². The molecule has 0 aliphatic rings. The van der Waals surface area contributed by atoms with Crippen molar-refractivity contribution >= 4 is 56.6 Å². The normalized spacial score (nSPS) is 13.8. The largest absolute Gasteiger partial charge is 0.244 e. The minimum absolute atomic E-state index is 0.0367. The van der Waals surface area contributed by atoms with E-state index in [0.29, 0.717) is 16.3 Å². The van der Waals surface area contributed by atoms with Crippen LogP contribution in [0.25, 0.3) is 0 Å². The van der Waals surface area contributed by atoms with Gasteiger partial charge in [0.05, 0.1) is 5.02 Å². The molecule has 1 rings (SSSR count). The molecule has 1 atom stereocenters. The van der Waals surface area contributed by atoms with Gasteiger partial charge >= 0.3 is 0 Å². The quantitative estimate of drug-likeness (QED) is 0.701. The predicted molar refractivity (Wildman–Crippen MR) is 88.8 cm³/mol. The number of benzene rings is 1. The summed E-state index contributed by atoms with van der Waals surface area (Å²) in [5, 5.41) is 0.468. The van der Waals surface area contributed by atoms with Gasteiger partial charge in [0.2, 0.25) is 10.0 Å². The van der Waals surface area contributed by atoms with Gasteiger partial charge in [-0.3, -0.25) is 0 Å². The second-order valence-corrected chi connectivity index (χ2v) is 8.29. The van der Waals surface area contributed by atoms with E-state index in [1.54, 1.807) is 18.8 Å². The standard InChI is InChI=1S/C12H16Cl3NO2S2/c1-8(7-19-3)16(2)20(17,18)12-4-9(6-13)10(14)5-11(12)15/h4-5,8H,6-7H2,1-3H3. The van der Waals surface area contributed by atoms with E-state index in [2.05, 4.69) is 0 Å². The maximum absolute atomic E-state index is 12.6. The van der Waals surface area contributed by atoms with Crippen LogP contribution in [0.15, 0.2) is 17.0 Å². The SMILES string of the molecule is CSCC(C)N(C)S(=O)(=O)c1cc(CCl)c(Cl)cc1Cl. The summed E-state index contributed by atoms with van der Waals surface area (Å²) < 4.78 is 26.5. The summed E-state index contributed by atoms with van der Waals surface area (Å²) in [6.45, 7) is 1.85. The molecule has 0 amide bonds. The molecule has 20 heavy (non-hydrogen) atoms. The van der Waals surface area contributed by atoms with Crippen molar-refractivity contribution in [2.24, 2.45) is 0 Å². The van der Waals surface area contributed by atoms with Crippen molar-refractivity contribution in [3.8, 4) is 0 Å². The molecule has 1 aromatic carbocycles. The number of sulfonamides is 1. The van der Waals surface area contributed by atoms with Crippen LogP contribution < -0.4 is 0 Å². The molecule has 1 aromatic rings. The first-order chi connectivity index (χ1) is 9.25. The van der Waals surface area contributed by atoms with Crippen molar-refractivity contribution in [2.75, 3.05) is 19.1 Å². The first-order valence-electron chi connectivity index (χ1n) is 5.76. The molecule has 8 heteroatoms. The highest BCUT2D eigenvalue weighted by molar-refractivity contribution is 7.98. The zero-order valence-electron chi connectivity index (χ0n) is 11.4. The van der Waals surface area contributed by atoms with Crippen molar-refractivity contribution in [3.63, 3.8) is 0 Å². The monoisotopic (exact) mass is 375 g/mol. The lowest BCUT2D eigenvalue weighted by molar-refractivity contribution is 0.415. The van der Waals surface area contributed by atoms with Crippen molar-refractivity contribution < 1.29 is 8.42 Å². The highest BCUT2D eigenvalue weighted by atomic mass is 35.5. The summed E-state index contributed by atoms with van der Waals surface area (Å²) in [6, 6.07) is 2.72. The Kier molecular flexibility index (Phi) is 6.96. The molecule has 0 aliphatic carbocycles. The summed E-state index contributed by atoms with van der Waals surface area (Å²) >= 11 is 19.3. The van der Waals surface area contributed by atoms with Gasteiger partial charge in [-0.05, 0) is 30.9 Å². The van der Waals surface area contributed by atoms with Crippen LogP contribution in [0.1, 0.15) is 12.5 Å². The van der Waals surface area contributed by atoms with Gasteiger partial charge in [-0.15, -0.1) is 11.6 Å². The highest BCUT2D eigenvalue weighted by Gasteiger charge is 2.28. The second kappa shape index (κ2) is 7.56. The Morgan fingerprint density at radius 2 is 1.90 bits per heavy atom. The van der Waals surface area contributed by atoms with Crippen LogP contribution in [0.4, 0.5) is 0 Å². The number of hydrogen-bond donors (Lipinski definition) is 0. The van der Waals surface area contributed by atoms with Gasteiger partial charge in [0.15, 0.2) is 0 Å². The molecule has 114 valence electrons. The lowest BCUT2D eigenvalue weighted by atomic mass is 10.2. The predicted octanol–water partition coefficient (Wildman–Crippen LogP) is 4.10. The summed E-state index contributed by atoms with van der Waals surface area (Å²) in [4.78, 5) is 0.0367. The fourth-order valence-corrected chi connectivity index (χ4v) is 4.90. The Hall–Kier alpha value is 0.350. The molecule has 0 heterocycles. The fourth-order valence-electron chi connectivity index (χ4n) is 1.61. The molecule has 0 aliphatic heterocycles. The van der Waals surface area contributed by atoms with Gasteiger partial charge in [0, 0.05) is 29.7 Å². The molecule has 0 N–H and O–H groups in total. The average molecular weight is 377 g/mol. The van der Waals surface area contributed by atoms with Crippen LogP contribution in [0.3, 0.4) is 0 Å². The Bertz CT molecular complexity index is 578. The van der Waals surface area contributed by atoms with E-state index in [-0.39, 0.29) is 21.8 Å². The van der Waals surface area contributed by atoms with Gasteiger partial charge in [0.1, 0.15) is 4.90 Å². The van der Waals surface area contributed by atoms with Crippen LogP contribution in [0.2, 0.25) is 10.0 Å². The number of rotatable bonds is 6. The molecular weight excluding hydrogens is 361 g/mol. The van der Waals surface area contributed by atoms with Gasteiger partial charge < -0.3 is 0 Å². The molecule has 0 radical (unpaired) electrons. The summed E-state index contributed by atoms with van der Waals surface area (Å²) in [7, 11) is -2.13. The van der Waals surface area contributed by atoms with Crippen LogP contribution in [-0.2, 0) is 15.9 Å². The van der Waals surface area contributed by atoms with E-state index in [4.69, 9.17) is 34.8 Å². The molecule has 0 saturated carbocycles. The van der Waals surface area contributed by atoms with Crippen LogP contribution in [0, 0.1) is 0 Å². The molecular formula is C12H16Cl3NO2S2. The third-order valence-electron chi connectivity index (χ3n) is 2.93. The minimum Gasteiger partial charge on any atom is -0.207 e. The molecule has 1 unspecified atom stereocenters. The molecule has 0 aromatic heterocycles. The highest BCUT2D eigenvalue weighted by Crippen LogP contribution is 2.31. The van der Waals surface area contributed by atoms with Crippen LogP contribution in [0.5, 0.6) is 0 Å². The van der Waals surface area contributed by atoms with Crippen molar-refractivity contribution in [2.45, 2.75) is 23.7 Å². The first kappa shape index (κ1) is 18.4. The molecule has 0 bridgehead atoms. The average Bonchev–Trinajstić information content (AvgIpc) is 2.37. The Morgan fingerprint density at radius 3 is 2.40 bits per heavy atom. The molecule has 0 fully saturated rings. The maximum Gasteiger partial charge on any atom is 0.244 e.